The largest absolute Gasteiger partial charge is 0.0622 e. The first kappa shape index (κ1) is 16.8. The van der Waals surface area contributed by atoms with Gasteiger partial charge in [0.25, 0.3) is 0 Å². The fourth-order valence-corrected chi connectivity index (χ4v) is 5.70. The van der Waals surface area contributed by atoms with E-state index in [9.17, 15) is 0 Å². The Hall–Kier alpha value is -2.69. The summed E-state index contributed by atoms with van der Waals surface area (Å²) >= 11 is 0. The van der Waals surface area contributed by atoms with E-state index in [1.807, 2.05) is 0 Å². The van der Waals surface area contributed by atoms with Gasteiger partial charge in [0.1, 0.15) is 0 Å². The predicted octanol–water partition coefficient (Wildman–Crippen LogP) is 5.42. The lowest BCUT2D eigenvalue weighted by molar-refractivity contribution is 1.47. The summed E-state index contributed by atoms with van der Waals surface area (Å²) in [6, 6.07) is 39.5. The Morgan fingerprint density at radius 2 is 1.00 bits per heavy atom. The van der Waals surface area contributed by atoms with E-state index in [0.717, 1.165) is 0 Å². The van der Waals surface area contributed by atoms with E-state index in [-0.39, 0.29) is 0 Å². The molecule has 26 heavy (non-hydrogen) atoms. The minimum atomic E-state index is -0.598. The standard InChI is InChI=1S/C25H21P/c1-20-16-18-21(19-17-20)24-14-8-9-15-25(24)26(22-10-4-2-5-11-22)23-12-6-3-7-13-23/h2-19H,1H3. The van der Waals surface area contributed by atoms with Gasteiger partial charge in [-0.25, -0.2) is 0 Å². The molecule has 0 aromatic heterocycles. The van der Waals surface area contributed by atoms with Crippen LogP contribution in [-0.4, -0.2) is 0 Å². The zero-order valence-electron chi connectivity index (χ0n) is 14.8. The molecule has 1 heteroatoms. The van der Waals surface area contributed by atoms with Crippen molar-refractivity contribution >= 4 is 23.8 Å². The highest BCUT2D eigenvalue weighted by atomic mass is 31.1. The summed E-state index contributed by atoms with van der Waals surface area (Å²) < 4.78 is 0. The zero-order chi connectivity index (χ0) is 17.8. The SMILES string of the molecule is Cc1ccc(-c2ccccc2P(c2ccccc2)c2ccccc2)cc1. The predicted molar refractivity (Wildman–Crippen MR) is 115 cm³/mol. The summed E-state index contributed by atoms with van der Waals surface area (Å²) in [6.07, 6.45) is 0. The lowest BCUT2D eigenvalue weighted by atomic mass is 10.0. The summed E-state index contributed by atoms with van der Waals surface area (Å²) in [5.41, 5.74) is 3.90. The number of benzene rings is 4. The molecule has 0 saturated heterocycles. The average molecular weight is 352 g/mol. The second-order valence-electron chi connectivity index (χ2n) is 6.39. The molecule has 126 valence electrons. The molecular weight excluding hydrogens is 331 g/mol. The molecule has 0 bridgehead atoms. The average Bonchev–Trinajstić information content (AvgIpc) is 2.71. The molecule has 0 unspecified atom stereocenters. The van der Waals surface area contributed by atoms with Crippen LogP contribution in [0.25, 0.3) is 11.1 Å². The van der Waals surface area contributed by atoms with Crippen molar-refractivity contribution in [1.82, 2.24) is 0 Å². The molecule has 0 radical (unpaired) electrons. The van der Waals surface area contributed by atoms with E-state index >= 15 is 0 Å². The molecule has 0 fully saturated rings. The smallest absolute Gasteiger partial charge is 0.00726 e. The highest BCUT2D eigenvalue weighted by Crippen LogP contribution is 2.36. The van der Waals surface area contributed by atoms with E-state index in [0.29, 0.717) is 0 Å². The summed E-state index contributed by atoms with van der Waals surface area (Å²) in [4.78, 5) is 0. The van der Waals surface area contributed by atoms with Crippen LogP contribution in [0, 0.1) is 6.92 Å². The Balaban J connectivity index is 1.91. The molecule has 0 aliphatic rings. The zero-order valence-corrected chi connectivity index (χ0v) is 15.7. The molecule has 0 atom stereocenters. The molecule has 0 amide bonds. The number of aryl methyl sites for hydroxylation is 1. The highest BCUT2D eigenvalue weighted by molar-refractivity contribution is 7.80. The van der Waals surface area contributed by atoms with E-state index in [4.69, 9.17) is 0 Å². The van der Waals surface area contributed by atoms with Crippen LogP contribution in [0.1, 0.15) is 5.56 Å². The molecule has 0 heterocycles. The van der Waals surface area contributed by atoms with Crippen molar-refractivity contribution in [2.45, 2.75) is 6.92 Å². The van der Waals surface area contributed by atoms with Crippen LogP contribution in [0.15, 0.2) is 109 Å². The van der Waals surface area contributed by atoms with Gasteiger partial charge in [-0.1, -0.05) is 115 Å². The van der Waals surface area contributed by atoms with Crippen molar-refractivity contribution in [3.05, 3.63) is 115 Å². The van der Waals surface area contributed by atoms with Crippen LogP contribution in [-0.2, 0) is 0 Å². The van der Waals surface area contributed by atoms with E-state index in [2.05, 4.69) is 116 Å². The Bertz CT molecular complexity index is 934. The molecule has 0 aliphatic carbocycles. The molecule has 4 aromatic carbocycles. The lowest BCUT2D eigenvalue weighted by Crippen LogP contribution is -2.21. The van der Waals surface area contributed by atoms with Gasteiger partial charge in [0.05, 0.1) is 0 Å². The maximum absolute atomic E-state index is 2.29. The first-order chi connectivity index (χ1) is 12.8. The van der Waals surface area contributed by atoms with Crippen molar-refractivity contribution in [2.75, 3.05) is 0 Å². The van der Waals surface area contributed by atoms with E-state index < -0.39 is 7.92 Å². The molecule has 0 N–H and O–H groups in total. The summed E-state index contributed by atoms with van der Waals surface area (Å²) in [5.74, 6) is 0. The molecule has 4 rings (SSSR count). The maximum atomic E-state index is 2.29. The quantitative estimate of drug-likeness (QED) is 0.430. The monoisotopic (exact) mass is 352 g/mol. The summed E-state index contributed by atoms with van der Waals surface area (Å²) in [5, 5.41) is 4.17. The molecule has 4 aromatic rings. The summed E-state index contributed by atoms with van der Waals surface area (Å²) in [6.45, 7) is 2.14. The molecule has 0 aliphatic heterocycles. The normalized spacial score (nSPS) is 10.8. The van der Waals surface area contributed by atoms with Gasteiger partial charge in [-0.3, -0.25) is 0 Å². The fraction of sp³-hybridized carbons (Fsp3) is 0.0400. The Labute approximate surface area is 156 Å². The molecule has 0 spiro atoms. The second kappa shape index (κ2) is 7.68. The van der Waals surface area contributed by atoms with Crippen LogP contribution >= 0.6 is 7.92 Å². The Morgan fingerprint density at radius 1 is 0.500 bits per heavy atom. The number of rotatable bonds is 4. The van der Waals surface area contributed by atoms with Gasteiger partial charge in [-0.2, -0.15) is 0 Å². The topological polar surface area (TPSA) is 0 Å². The van der Waals surface area contributed by atoms with Crippen LogP contribution in [0.4, 0.5) is 0 Å². The van der Waals surface area contributed by atoms with Crippen LogP contribution in [0.3, 0.4) is 0 Å². The Morgan fingerprint density at radius 3 is 1.58 bits per heavy atom. The van der Waals surface area contributed by atoms with E-state index in [1.54, 1.807) is 0 Å². The highest BCUT2D eigenvalue weighted by Gasteiger charge is 2.19. The fourth-order valence-electron chi connectivity index (χ4n) is 3.23. The first-order valence-corrected chi connectivity index (χ1v) is 10.2. The van der Waals surface area contributed by atoms with Crippen molar-refractivity contribution < 1.29 is 0 Å². The van der Waals surface area contributed by atoms with Crippen molar-refractivity contribution in [1.29, 1.82) is 0 Å². The lowest BCUT2D eigenvalue weighted by Gasteiger charge is -2.22. The summed E-state index contributed by atoms with van der Waals surface area (Å²) in [7, 11) is -0.598. The molecular formula is C25H21P. The van der Waals surface area contributed by atoms with Gasteiger partial charge >= 0.3 is 0 Å². The van der Waals surface area contributed by atoms with Crippen LogP contribution in [0.5, 0.6) is 0 Å². The van der Waals surface area contributed by atoms with Crippen molar-refractivity contribution in [3.63, 3.8) is 0 Å². The van der Waals surface area contributed by atoms with E-state index in [1.165, 1.54) is 32.6 Å². The van der Waals surface area contributed by atoms with Gasteiger partial charge in [0.15, 0.2) is 0 Å². The Kier molecular flexibility index (Phi) is 4.95. The van der Waals surface area contributed by atoms with Gasteiger partial charge in [-0.15, -0.1) is 0 Å². The van der Waals surface area contributed by atoms with Gasteiger partial charge in [0.2, 0.25) is 0 Å². The minimum absolute atomic E-state index is 0.598. The van der Waals surface area contributed by atoms with Crippen LogP contribution < -0.4 is 15.9 Å². The maximum Gasteiger partial charge on any atom is -0.00726 e. The first-order valence-electron chi connectivity index (χ1n) is 8.89. The molecule has 0 saturated carbocycles. The van der Waals surface area contributed by atoms with Crippen molar-refractivity contribution in [2.24, 2.45) is 0 Å². The number of hydrogen-bond donors (Lipinski definition) is 0. The van der Waals surface area contributed by atoms with Gasteiger partial charge in [-0.05, 0) is 41.9 Å². The molecule has 0 nitrogen and oxygen atoms in total. The van der Waals surface area contributed by atoms with Crippen LogP contribution in [0.2, 0.25) is 0 Å². The second-order valence-corrected chi connectivity index (χ2v) is 8.58. The third-order valence-corrected chi connectivity index (χ3v) is 7.04. The third-order valence-electron chi connectivity index (χ3n) is 4.54. The van der Waals surface area contributed by atoms with Crippen molar-refractivity contribution in [3.8, 4) is 11.1 Å². The minimum Gasteiger partial charge on any atom is -0.0622 e. The van der Waals surface area contributed by atoms with Gasteiger partial charge in [0, 0.05) is 0 Å². The number of hydrogen-bond acceptors (Lipinski definition) is 0. The third kappa shape index (κ3) is 3.47. The van der Waals surface area contributed by atoms with Gasteiger partial charge < -0.3 is 0 Å².